The Kier molecular flexibility index (Phi) is 4.66. The van der Waals surface area contributed by atoms with E-state index in [0.29, 0.717) is 13.1 Å². The number of hydrazine groups is 1. The third-order valence-electron chi connectivity index (χ3n) is 3.63. The van der Waals surface area contributed by atoms with Crippen LogP contribution in [0.15, 0.2) is 30.9 Å². The molecule has 3 N–H and O–H groups in total. The number of hydrogen-bond acceptors (Lipinski definition) is 7. The minimum absolute atomic E-state index is 0.00673. The summed E-state index contributed by atoms with van der Waals surface area (Å²) in [5.41, 5.74) is 7.20. The number of nitrogens with one attached hydrogen (secondary N) is 3. The topological polar surface area (TPSA) is 110 Å². The van der Waals surface area contributed by atoms with Crippen LogP contribution < -0.4 is 16.2 Å². The largest absolute Gasteiger partial charge is 0.356 e. The van der Waals surface area contributed by atoms with Gasteiger partial charge in [-0.1, -0.05) is 0 Å². The van der Waals surface area contributed by atoms with Gasteiger partial charge in [0.2, 0.25) is 5.91 Å². The number of carbonyl (C=O) groups excluding carboxylic acids is 1. The average molecular weight is 302 g/mol. The first-order valence-electron chi connectivity index (χ1n) is 7.22. The Morgan fingerprint density at radius 1 is 1.41 bits per heavy atom. The number of hydrogen-bond donors (Lipinski definition) is 3. The predicted octanol–water partition coefficient (Wildman–Crippen LogP) is -0.960. The summed E-state index contributed by atoms with van der Waals surface area (Å²) in [6.45, 7) is 1.18. The van der Waals surface area contributed by atoms with Crippen molar-refractivity contribution in [2.75, 3.05) is 13.1 Å². The summed E-state index contributed by atoms with van der Waals surface area (Å²) in [7, 11) is 0. The fourth-order valence-electron chi connectivity index (χ4n) is 2.45. The molecule has 1 fully saturated rings. The third kappa shape index (κ3) is 3.43. The van der Waals surface area contributed by atoms with Gasteiger partial charge in [0.25, 0.3) is 0 Å². The second-order valence-electron chi connectivity index (χ2n) is 5.12. The highest BCUT2D eigenvalue weighted by Crippen LogP contribution is 2.17. The Bertz CT molecular complexity index is 587. The Morgan fingerprint density at radius 3 is 3.05 bits per heavy atom. The summed E-state index contributed by atoms with van der Waals surface area (Å²) in [6, 6.07) is 3.97. The van der Waals surface area contributed by atoms with E-state index >= 15 is 0 Å². The molecule has 0 aliphatic carbocycles. The molecule has 1 saturated heterocycles. The van der Waals surface area contributed by atoms with E-state index in [1.807, 2.05) is 12.1 Å². The first kappa shape index (κ1) is 14.5. The van der Waals surface area contributed by atoms with Crippen LogP contribution in [0.25, 0.3) is 0 Å². The Balaban J connectivity index is 1.45. The average Bonchev–Trinajstić information content (AvgIpc) is 3.22. The molecule has 0 radical (unpaired) electrons. The van der Waals surface area contributed by atoms with E-state index in [2.05, 4.69) is 36.7 Å². The number of amides is 1. The van der Waals surface area contributed by atoms with Crippen molar-refractivity contribution in [2.24, 2.45) is 5.92 Å². The zero-order valence-corrected chi connectivity index (χ0v) is 12.0. The highest BCUT2D eigenvalue weighted by atomic mass is 16.2. The Morgan fingerprint density at radius 2 is 2.27 bits per heavy atom. The van der Waals surface area contributed by atoms with Gasteiger partial charge in [-0.2, -0.15) is 0 Å². The van der Waals surface area contributed by atoms with Gasteiger partial charge in [0.15, 0.2) is 0 Å². The van der Waals surface area contributed by atoms with Crippen LogP contribution >= 0.6 is 0 Å². The molecule has 116 valence electrons. The number of pyridine rings is 1. The predicted molar refractivity (Wildman–Crippen MR) is 77.1 cm³/mol. The van der Waals surface area contributed by atoms with E-state index < -0.39 is 0 Å². The van der Waals surface area contributed by atoms with Crippen LogP contribution in [0.2, 0.25) is 0 Å². The number of carbonyl (C=O) groups is 1. The first-order valence-corrected chi connectivity index (χ1v) is 7.22. The summed E-state index contributed by atoms with van der Waals surface area (Å²) in [5.74, 6) is -0.253. The Labute approximate surface area is 127 Å². The molecule has 3 rings (SSSR count). The summed E-state index contributed by atoms with van der Waals surface area (Å²) >= 11 is 0. The quantitative estimate of drug-likeness (QED) is 0.590. The number of aromatic nitrogens is 5. The maximum atomic E-state index is 12.3. The number of aryl methyl sites for hydroxylation is 1. The highest BCUT2D eigenvalue weighted by molar-refractivity contribution is 5.79. The molecule has 9 heteroatoms. The minimum atomic E-state index is -0.268. The van der Waals surface area contributed by atoms with Crippen molar-refractivity contribution in [3.63, 3.8) is 0 Å². The fourth-order valence-corrected chi connectivity index (χ4v) is 2.45. The lowest BCUT2D eigenvalue weighted by atomic mass is 10.1. The molecule has 22 heavy (non-hydrogen) atoms. The van der Waals surface area contributed by atoms with Crippen molar-refractivity contribution in [2.45, 2.75) is 19.0 Å². The van der Waals surface area contributed by atoms with Gasteiger partial charge >= 0.3 is 0 Å². The molecule has 9 nitrogen and oxygen atoms in total. The number of rotatable bonds is 6. The lowest BCUT2D eigenvalue weighted by Gasteiger charge is -2.17. The molecule has 0 aromatic carbocycles. The maximum absolute atomic E-state index is 12.3. The lowest BCUT2D eigenvalue weighted by molar-refractivity contribution is -0.125. The molecule has 2 atom stereocenters. The van der Waals surface area contributed by atoms with E-state index in [1.165, 1.54) is 11.9 Å². The number of nitrogens with zero attached hydrogens (tertiary/aromatic N) is 5. The van der Waals surface area contributed by atoms with Crippen LogP contribution in [-0.2, 0) is 11.2 Å². The van der Waals surface area contributed by atoms with Gasteiger partial charge in [-0.3, -0.25) is 15.2 Å². The zero-order valence-electron chi connectivity index (χ0n) is 12.0. The van der Waals surface area contributed by atoms with Gasteiger partial charge in [0.05, 0.1) is 5.92 Å². The van der Waals surface area contributed by atoms with Crippen molar-refractivity contribution in [1.82, 2.24) is 41.4 Å². The molecule has 0 spiro atoms. The van der Waals surface area contributed by atoms with Gasteiger partial charge in [-0.15, -0.1) is 5.10 Å². The SMILES string of the molecule is O=C(NCCCc1ccncc1)C1CNNC1n1cnnn1. The van der Waals surface area contributed by atoms with Crippen LogP contribution in [0.4, 0.5) is 0 Å². The van der Waals surface area contributed by atoms with E-state index in [0.717, 1.165) is 12.8 Å². The second-order valence-corrected chi connectivity index (χ2v) is 5.12. The van der Waals surface area contributed by atoms with Crippen molar-refractivity contribution in [3.8, 4) is 0 Å². The maximum Gasteiger partial charge on any atom is 0.228 e. The molecule has 3 heterocycles. The molecule has 1 aliphatic rings. The highest BCUT2D eigenvalue weighted by Gasteiger charge is 2.34. The molecule has 2 unspecified atom stereocenters. The van der Waals surface area contributed by atoms with Crippen LogP contribution in [0, 0.1) is 5.92 Å². The summed E-state index contributed by atoms with van der Waals surface area (Å²) < 4.78 is 1.54. The van der Waals surface area contributed by atoms with Crippen LogP contribution in [-0.4, -0.2) is 44.2 Å². The van der Waals surface area contributed by atoms with Crippen molar-refractivity contribution in [1.29, 1.82) is 0 Å². The van der Waals surface area contributed by atoms with Crippen molar-refractivity contribution >= 4 is 5.91 Å². The monoisotopic (exact) mass is 302 g/mol. The molecule has 2 aromatic rings. The van der Waals surface area contributed by atoms with Gasteiger partial charge in [0, 0.05) is 25.5 Å². The summed E-state index contributed by atoms with van der Waals surface area (Å²) in [4.78, 5) is 16.3. The van der Waals surface area contributed by atoms with Crippen LogP contribution in [0.1, 0.15) is 18.2 Å². The standard InChI is InChI=1S/C13H18N8O/c22-13(15-5-1-2-10-3-6-14-7-4-10)11-8-16-18-12(11)21-9-17-19-20-21/h3-4,6-7,9,11-12,16,18H,1-2,5,8H2,(H,15,22). The molecule has 0 saturated carbocycles. The van der Waals surface area contributed by atoms with E-state index in [9.17, 15) is 4.79 Å². The summed E-state index contributed by atoms with van der Waals surface area (Å²) in [5, 5.41) is 14.0. The molecular formula is C13H18N8O. The third-order valence-corrected chi connectivity index (χ3v) is 3.63. The molecule has 1 aliphatic heterocycles. The first-order chi connectivity index (χ1) is 10.8. The van der Waals surface area contributed by atoms with Gasteiger partial charge in [0.1, 0.15) is 12.5 Å². The van der Waals surface area contributed by atoms with E-state index in [-0.39, 0.29) is 18.0 Å². The van der Waals surface area contributed by atoms with Crippen LogP contribution in [0.3, 0.4) is 0 Å². The summed E-state index contributed by atoms with van der Waals surface area (Å²) in [6.07, 6.45) is 6.59. The Hall–Kier alpha value is -2.39. The van der Waals surface area contributed by atoms with E-state index in [1.54, 1.807) is 17.1 Å². The molecule has 2 aromatic heterocycles. The zero-order chi connectivity index (χ0) is 15.2. The molecule has 0 bridgehead atoms. The fraction of sp³-hybridized carbons (Fsp3) is 0.462. The van der Waals surface area contributed by atoms with E-state index in [4.69, 9.17) is 0 Å². The van der Waals surface area contributed by atoms with Crippen LogP contribution in [0.5, 0.6) is 0 Å². The van der Waals surface area contributed by atoms with Crippen molar-refractivity contribution in [3.05, 3.63) is 36.4 Å². The van der Waals surface area contributed by atoms with Crippen molar-refractivity contribution < 1.29 is 4.79 Å². The normalized spacial score (nSPS) is 20.9. The van der Waals surface area contributed by atoms with Gasteiger partial charge in [-0.05, 0) is 41.0 Å². The van der Waals surface area contributed by atoms with Gasteiger partial charge in [-0.25, -0.2) is 10.1 Å². The van der Waals surface area contributed by atoms with Gasteiger partial charge < -0.3 is 5.32 Å². The lowest BCUT2D eigenvalue weighted by Crippen LogP contribution is -2.38. The minimum Gasteiger partial charge on any atom is -0.356 e. The second kappa shape index (κ2) is 7.05. The smallest absolute Gasteiger partial charge is 0.228 e. The molecule has 1 amide bonds. The molecular weight excluding hydrogens is 284 g/mol. The number of tetrazole rings is 1.